The third kappa shape index (κ3) is 10.0. The Labute approximate surface area is 245 Å². The lowest BCUT2D eigenvalue weighted by Crippen LogP contribution is -2.23. The summed E-state index contributed by atoms with van der Waals surface area (Å²) in [7, 11) is 0. The molecule has 1 aliphatic carbocycles. The van der Waals surface area contributed by atoms with Crippen LogP contribution in [0.1, 0.15) is 185 Å². The Hall–Kier alpha value is -2.22. The molecule has 2 aromatic carbocycles. The Balaban J connectivity index is 1.56. The van der Waals surface area contributed by atoms with Gasteiger partial charge in [-0.1, -0.05) is 160 Å². The normalized spacial score (nSPS) is 12.6. The number of ketones is 2. The molecule has 1 aliphatic rings. The van der Waals surface area contributed by atoms with Crippen molar-refractivity contribution in [3.8, 4) is 0 Å². The van der Waals surface area contributed by atoms with Gasteiger partial charge in [-0.25, -0.2) is 0 Å². The summed E-state index contributed by atoms with van der Waals surface area (Å²) in [4.78, 5) is 27.0. The van der Waals surface area contributed by atoms with E-state index >= 15 is 0 Å². The van der Waals surface area contributed by atoms with Crippen molar-refractivity contribution in [2.45, 2.75) is 155 Å². The lowest BCUT2D eigenvalue weighted by atomic mass is 9.78. The monoisotopic (exact) mass is 544 g/mol. The van der Waals surface area contributed by atoms with Gasteiger partial charge >= 0.3 is 0 Å². The van der Waals surface area contributed by atoms with Crippen LogP contribution >= 0.6 is 0 Å². The summed E-state index contributed by atoms with van der Waals surface area (Å²) < 4.78 is 0. The van der Waals surface area contributed by atoms with E-state index < -0.39 is 0 Å². The third-order valence-electron chi connectivity index (χ3n) is 8.88. The van der Waals surface area contributed by atoms with Gasteiger partial charge in [-0.3, -0.25) is 9.59 Å². The largest absolute Gasteiger partial charge is 0.289 e. The first-order valence-electron chi connectivity index (χ1n) is 17.0. The molecule has 0 N–H and O–H groups in total. The van der Waals surface area contributed by atoms with Crippen molar-refractivity contribution >= 4 is 11.6 Å². The number of benzene rings is 2. The zero-order chi connectivity index (χ0) is 28.4. The van der Waals surface area contributed by atoms with Gasteiger partial charge in [-0.2, -0.15) is 0 Å². The predicted molar refractivity (Wildman–Crippen MR) is 171 cm³/mol. The second kappa shape index (κ2) is 19.0. The van der Waals surface area contributed by atoms with Gasteiger partial charge in [0.25, 0.3) is 0 Å². The molecule has 0 radical (unpaired) electrons. The van der Waals surface area contributed by atoms with E-state index in [2.05, 4.69) is 19.9 Å². The van der Waals surface area contributed by atoms with Gasteiger partial charge in [-0.15, -0.1) is 0 Å². The summed E-state index contributed by atoms with van der Waals surface area (Å²) in [5, 5.41) is 0. The minimum Gasteiger partial charge on any atom is -0.289 e. The van der Waals surface area contributed by atoms with E-state index in [4.69, 9.17) is 0 Å². The van der Waals surface area contributed by atoms with Crippen LogP contribution in [0.3, 0.4) is 0 Å². The molecule has 0 heterocycles. The first-order valence-corrected chi connectivity index (χ1v) is 17.0. The Morgan fingerprint density at radius 2 is 0.850 bits per heavy atom. The van der Waals surface area contributed by atoms with Gasteiger partial charge in [-0.05, 0) is 42.9 Å². The van der Waals surface area contributed by atoms with E-state index in [9.17, 15) is 9.59 Å². The number of carbonyl (C=O) groups excluding carboxylic acids is 2. The number of fused-ring (bicyclic) bond motifs is 2. The van der Waals surface area contributed by atoms with Crippen molar-refractivity contribution < 1.29 is 9.59 Å². The zero-order valence-corrected chi connectivity index (χ0v) is 25.8. The van der Waals surface area contributed by atoms with E-state index in [0.717, 1.165) is 19.3 Å². The Morgan fingerprint density at radius 1 is 0.425 bits per heavy atom. The van der Waals surface area contributed by atoms with Gasteiger partial charge in [0, 0.05) is 22.3 Å². The van der Waals surface area contributed by atoms with Gasteiger partial charge in [0.15, 0.2) is 11.6 Å². The average molecular weight is 545 g/mol. The number of rotatable bonds is 22. The van der Waals surface area contributed by atoms with Gasteiger partial charge in [0.1, 0.15) is 0 Å². The quantitative estimate of drug-likeness (QED) is 0.118. The van der Waals surface area contributed by atoms with E-state index in [1.54, 1.807) is 6.07 Å². The Bertz CT molecular complexity index is 1030. The van der Waals surface area contributed by atoms with Crippen LogP contribution in [0.4, 0.5) is 0 Å². The molecule has 3 rings (SSSR count). The summed E-state index contributed by atoms with van der Waals surface area (Å²) in [5.74, 6) is 0.0669. The maximum atomic E-state index is 13.7. The average Bonchev–Trinajstić information content (AvgIpc) is 2.98. The molecule has 0 spiro atoms. The van der Waals surface area contributed by atoms with Crippen LogP contribution < -0.4 is 0 Å². The first-order chi connectivity index (χ1) is 19.7. The molecule has 0 aliphatic heterocycles. The lowest BCUT2D eigenvalue weighted by molar-refractivity contribution is 0.0978. The smallest absolute Gasteiger partial charge is 0.194 e. The molecular weight excluding hydrogens is 488 g/mol. The van der Waals surface area contributed by atoms with Gasteiger partial charge in [0.05, 0.1) is 0 Å². The lowest BCUT2D eigenvalue weighted by Gasteiger charge is -2.23. The number of hydrogen-bond donors (Lipinski definition) is 0. The molecule has 2 nitrogen and oxygen atoms in total. The van der Waals surface area contributed by atoms with Crippen molar-refractivity contribution in [2.24, 2.45) is 0 Å². The topological polar surface area (TPSA) is 34.1 Å². The molecular formula is C38H56O2. The van der Waals surface area contributed by atoms with Crippen molar-refractivity contribution in [1.82, 2.24) is 0 Å². The number of aryl methyl sites for hydroxylation is 1. The summed E-state index contributed by atoms with van der Waals surface area (Å²) in [6, 6.07) is 11.5. The van der Waals surface area contributed by atoms with Crippen molar-refractivity contribution in [1.29, 1.82) is 0 Å². The van der Waals surface area contributed by atoms with Crippen molar-refractivity contribution in [3.63, 3.8) is 0 Å². The van der Waals surface area contributed by atoms with E-state index in [1.807, 2.05) is 24.3 Å². The molecule has 0 aromatic heterocycles. The van der Waals surface area contributed by atoms with Crippen LogP contribution in [0.25, 0.3) is 0 Å². The molecule has 2 heteroatoms. The van der Waals surface area contributed by atoms with E-state index in [1.165, 1.54) is 133 Å². The highest BCUT2D eigenvalue weighted by Crippen LogP contribution is 2.33. The van der Waals surface area contributed by atoms with Gasteiger partial charge in [0.2, 0.25) is 0 Å². The number of hydrogen-bond acceptors (Lipinski definition) is 2. The van der Waals surface area contributed by atoms with E-state index in [-0.39, 0.29) is 11.6 Å². The molecule has 0 unspecified atom stereocenters. The predicted octanol–water partition coefficient (Wildman–Crippen LogP) is 11.4. The van der Waals surface area contributed by atoms with Crippen LogP contribution in [0, 0.1) is 0 Å². The second-order valence-corrected chi connectivity index (χ2v) is 12.2. The summed E-state index contributed by atoms with van der Waals surface area (Å²) in [6.07, 6.45) is 28.2. The molecule has 0 saturated heterocycles. The molecule has 0 bridgehead atoms. The fourth-order valence-corrected chi connectivity index (χ4v) is 6.41. The van der Waals surface area contributed by atoms with E-state index in [0.29, 0.717) is 22.3 Å². The van der Waals surface area contributed by atoms with Crippen molar-refractivity contribution in [3.05, 3.63) is 69.8 Å². The Morgan fingerprint density at radius 3 is 1.35 bits per heavy atom. The molecule has 2 aromatic rings. The molecule has 40 heavy (non-hydrogen) atoms. The number of carbonyl (C=O) groups is 2. The minimum atomic E-state index is 0.0139. The molecule has 220 valence electrons. The first kappa shape index (κ1) is 32.3. The number of unbranched alkanes of at least 4 members (excludes halogenated alkanes) is 18. The standard InChI is InChI=1S/C38H56O2/c1-3-5-7-9-11-13-15-17-19-21-25-31-29-30-35-36(38(40)34-28-24-23-27-33(34)37(35)39)32(31)26-22-20-18-16-14-12-10-8-6-4-2/h23-24,27-30H,3-22,25-26H2,1-2H3. The van der Waals surface area contributed by atoms with Crippen LogP contribution in [0.15, 0.2) is 36.4 Å². The second-order valence-electron chi connectivity index (χ2n) is 12.2. The maximum Gasteiger partial charge on any atom is 0.194 e. The highest BCUT2D eigenvalue weighted by atomic mass is 16.1. The van der Waals surface area contributed by atoms with Crippen LogP contribution in [-0.2, 0) is 12.8 Å². The minimum absolute atomic E-state index is 0.0139. The Kier molecular flexibility index (Phi) is 15.3. The highest BCUT2D eigenvalue weighted by Gasteiger charge is 2.32. The van der Waals surface area contributed by atoms with Gasteiger partial charge < -0.3 is 0 Å². The van der Waals surface area contributed by atoms with Crippen LogP contribution in [0.5, 0.6) is 0 Å². The van der Waals surface area contributed by atoms with Crippen molar-refractivity contribution in [2.75, 3.05) is 0 Å². The summed E-state index contributed by atoms with van der Waals surface area (Å²) >= 11 is 0. The fraction of sp³-hybridized carbons (Fsp3) is 0.632. The highest BCUT2D eigenvalue weighted by molar-refractivity contribution is 6.29. The fourth-order valence-electron chi connectivity index (χ4n) is 6.41. The van der Waals surface area contributed by atoms with Crippen LogP contribution in [-0.4, -0.2) is 11.6 Å². The maximum absolute atomic E-state index is 13.7. The third-order valence-corrected chi connectivity index (χ3v) is 8.88. The SMILES string of the molecule is CCCCCCCCCCCCc1ccc2c(c1CCCCCCCCCCCC)C(=O)c1ccccc1C2=O. The molecule has 0 saturated carbocycles. The molecule has 0 fully saturated rings. The summed E-state index contributed by atoms with van der Waals surface area (Å²) in [6.45, 7) is 4.55. The van der Waals surface area contributed by atoms with Crippen LogP contribution in [0.2, 0.25) is 0 Å². The zero-order valence-electron chi connectivity index (χ0n) is 25.8. The molecule has 0 amide bonds. The summed E-state index contributed by atoms with van der Waals surface area (Å²) in [5.41, 5.74) is 4.95. The molecule has 0 atom stereocenters.